The predicted molar refractivity (Wildman–Crippen MR) is 186 cm³/mol. The topological polar surface area (TPSA) is 232 Å². The van der Waals surface area contributed by atoms with Gasteiger partial charge in [-0.3, -0.25) is 18.3 Å². The maximum absolute atomic E-state index is 11.4. The minimum Gasteiger partial charge on any atom is -0.306 e. The van der Waals surface area contributed by atoms with Crippen molar-refractivity contribution in [2.45, 2.75) is 160 Å². The summed E-state index contributed by atoms with van der Waals surface area (Å²) in [5.41, 5.74) is 0. The van der Waals surface area contributed by atoms with Gasteiger partial charge in [-0.25, -0.2) is 0 Å². The molecule has 0 radical (unpaired) electrons. The van der Waals surface area contributed by atoms with E-state index >= 15 is 0 Å². The smallest absolute Gasteiger partial charge is 0.306 e. The molecule has 0 aromatic heterocycles. The summed E-state index contributed by atoms with van der Waals surface area (Å²) in [6, 6.07) is 0. The third kappa shape index (κ3) is 67.7. The Bertz CT molecular complexity index is 801. The van der Waals surface area contributed by atoms with Gasteiger partial charge in [0.1, 0.15) is 0 Å². The summed E-state index contributed by atoms with van der Waals surface area (Å²) < 4.78 is 119. The van der Waals surface area contributed by atoms with E-state index in [0.29, 0.717) is 0 Å². The van der Waals surface area contributed by atoms with Crippen LogP contribution in [-0.2, 0) is 81.7 Å². The van der Waals surface area contributed by atoms with Crippen LogP contribution < -0.4 is 14.0 Å². The maximum atomic E-state index is 11.4. The molecule has 0 aliphatic heterocycles. The van der Waals surface area contributed by atoms with Crippen LogP contribution in [0.1, 0.15) is 111 Å². The third-order valence-corrected chi connectivity index (χ3v) is 9.66. The molecule has 0 atom stereocenters. The first kappa shape index (κ1) is 63.6. The Morgan fingerprint density at radius 1 is 0.360 bits per heavy atom. The monoisotopic (exact) mass is 934 g/mol. The van der Waals surface area contributed by atoms with E-state index in [1.165, 1.54) is 26.7 Å². The molecule has 0 saturated heterocycles. The van der Waals surface area contributed by atoms with Crippen molar-refractivity contribution >= 4 is 30.4 Å². The van der Waals surface area contributed by atoms with Gasteiger partial charge in [-0.15, -0.1) is 0 Å². The molecule has 0 bridgehead atoms. The van der Waals surface area contributed by atoms with E-state index in [1.807, 2.05) is 111 Å². The van der Waals surface area contributed by atoms with Crippen molar-refractivity contribution in [3.63, 3.8) is 0 Å². The fourth-order valence-electron chi connectivity index (χ4n) is 3.16. The molecule has 0 spiro atoms. The van der Waals surface area contributed by atoms with Gasteiger partial charge in [0.05, 0.1) is 63.7 Å². The Kier molecular flexibility index (Phi) is 39.2. The minimum atomic E-state index is -4.69. The van der Waals surface area contributed by atoms with E-state index in [0.717, 1.165) is 0 Å². The van der Waals surface area contributed by atoms with E-state index in [-0.39, 0.29) is 76.1 Å². The summed E-state index contributed by atoms with van der Waals surface area (Å²) in [6.45, 7) is 35.3. The van der Waals surface area contributed by atoms with Crippen molar-refractivity contribution in [3.05, 3.63) is 0 Å². The first-order valence-electron chi connectivity index (χ1n) is 15.7. The molecule has 0 aromatic rings. The SMILES string of the molecule is CC(C)OP(C)(=O)OC(C)C.CC(C)OP(C)(=O)OC(C)C.CC(C)OP(C)(=O)OC(C)C.CC(C)OP(C)(=O)OC(C)C.[Cd+2].[O-][Cl+3]([O-])([O-])O. The number of rotatable bonds is 16. The van der Waals surface area contributed by atoms with Crippen molar-refractivity contribution in [2.24, 2.45) is 0 Å². The molecule has 1 N–H and O–H groups in total. The quantitative estimate of drug-likeness (QED) is 0.128. The molecule has 0 unspecified atom stereocenters. The summed E-state index contributed by atoms with van der Waals surface area (Å²) >= 11 is 0. The van der Waals surface area contributed by atoms with Gasteiger partial charge in [-0.2, -0.15) is 14.0 Å². The van der Waals surface area contributed by atoms with Crippen molar-refractivity contribution in [1.82, 2.24) is 0 Å². The molecule has 0 amide bonds. The normalized spacial score (nSPS) is 12.6. The third-order valence-electron chi connectivity index (χ3n) is 3.22. The first-order chi connectivity index (χ1) is 21.3. The maximum Gasteiger partial charge on any atom is 2.00 e. The van der Waals surface area contributed by atoms with Gasteiger partial charge in [0.2, 0.25) is 0 Å². The Morgan fingerprint density at radius 3 is 0.460 bits per heavy atom. The van der Waals surface area contributed by atoms with Crippen LogP contribution in [0.4, 0.5) is 0 Å². The zero-order valence-electron chi connectivity index (χ0n) is 34.1. The van der Waals surface area contributed by atoms with Crippen LogP contribution in [0.2, 0.25) is 0 Å². The summed E-state index contributed by atoms with van der Waals surface area (Å²) in [6.07, 6.45) is -0.410. The Morgan fingerprint density at radius 2 is 0.420 bits per heavy atom. The Labute approximate surface area is 325 Å². The largest absolute Gasteiger partial charge is 2.00 e. The van der Waals surface area contributed by atoms with Gasteiger partial charge in [0.15, 0.2) is 0 Å². The molecule has 0 aliphatic carbocycles. The van der Waals surface area contributed by atoms with Crippen LogP contribution in [0.3, 0.4) is 0 Å². The average molecular weight is 934 g/mol. The van der Waals surface area contributed by atoms with Gasteiger partial charge < -0.3 is 36.2 Å². The second kappa shape index (κ2) is 30.8. The molecular formula is C28H69CdClO16P4+2. The Balaban J connectivity index is -0.000000123. The van der Waals surface area contributed by atoms with Crippen molar-refractivity contribution < 1.29 is 111 Å². The van der Waals surface area contributed by atoms with E-state index in [1.54, 1.807) is 0 Å². The zero-order valence-corrected chi connectivity index (χ0v) is 42.4. The molecule has 16 nitrogen and oxygen atoms in total. The molecule has 0 saturated carbocycles. The van der Waals surface area contributed by atoms with Gasteiger partial charge in [-0.1, -0.05) is 0 Å². The van der Waals surface area contributed by atoms with E-state index in [4.69, 9.17) is 54.8 Å². The molecular weight excluding hydrogens is 864 g/mol. The van der Waals surface area contributed by atoms with Crippen molar-refractivity contribution in [2.75, 3.05) is 26.7 Å². The fourth-order valence-corrected chi connectivity index (χ4v) is 9.49. The van der Waals surface area contributed by atoms with Crippen molar-refractivity contribution in [1.29, 1.82) is 0 Å². The molecule has 0 rings (SSSR count). The van der Waals surface area contributed by atoms with Gasteiger partial charge >= 0.3 is 57.7 Å². The summed E-state index contributed by atoms with van der Waals surface area (Å²) in [4.78, 5) is 0. The molecule has 304 valence electrons. The van der Waals surface area contributed by atoms with Gasteiger partial charge in [-0.05, 0) is 111 Å². The predicted octanol–water partition coefficient (Wildman–Crippen LogP) is 6.51. The average Bonchev–Trinajstić information content (AvgIpc) is 2.65. The van der Waals surface area contributed by atoms with E-state index < -0.39 is 40.6 Å². The first-order valence-corrected chi connectivity index (χ1v) is 25.0. The van der Waals surface area contributed by atoms with Gasteiger partial charge in [0.25, 0.3) is 0 Å². The van der Waals surface area contributed by atoms with E-state index in [9.17, 15) is 18.3 Å². The number of halogens is 1. The Hall–Kier alpha value is 1.65. The van der Waals surface area contributed by atoms with Crippen LogP contribution in [0.5, 0.6) is 0 Å². The summed E-state index contributed by atoms with van der Waals surface area (Å²) in [5.74, 6) is 0. The van der Waals surface area contributed by atoms with Crippen molar-refractivity contribution in [3.8, 4) is 0 Å². The van der Waals surface area contributed by atoms with Gasteiger partial charge in [0, 0.05) is 26.7 Å². The van der Waals surface area contributed by atoms with Crippen LogP contribution in [0.15, 0.2) is 0 Å². The van der Waals surface area contributed by atoms with E-state index in [2.05, 4.69) is 0 Å². The fraction of sp³-hybridized carbons (Fsp3) is 1.00. The number of hydrogen-bond acceptors (Lipinski definition) is 16. The molecule has 0 fully saturated rings. The standard InChI is InChI=1S/4C7H17O3P.Cd.ClHO4/c4*1-6(2)9-11(5,8)10-7(3)4;;2-1(3,4)5/h4*6-7H,1-5H3;;(H,2,3,4,5)/q;;;;+2;. The second-order valence-electron chi connectivity index (χ2n) is 12.7. The summed E-state index contributed by atoms with van der Waals surface area (Å²) in [7, 11) is -15.9. The molecule has 0 aliphatic rings. The summed E-state index contributed by atoms with van der Waals surface area (Å²) in [5, 5.41) is 0. The molecule has 50 heavy (non-hydrogen) atoms. The second-order valence-corrected chi connectivity index (χ2v) is 21.4. The molecule has 22 heteroatoms. The molecule has 0 heterocycles. The minimum absolute atomic E-state index is 0. The zero-order chi connectivity index (χ0) is 40.8. The number of hydrogen-bond donors (Lipinski definition) is 1. The van der Waals surface area contributed by atoms with Crippen LogP contribution in [0.25, 0.3) is 0 Å². The van der Waals surface area contributed by atoms with Crippen LogP contribution >= 0.6 is 30.4 Å². The van der Waals surface area contributed by atoms with Crippen LogP contribution in [-0.4, -0.2) is 80.2 Å². The molecule has 0 aromatic carbocycles. The van der Waals surface area contributed by atoms with Crippen LogP contribution in [0, 0.1) is 10.2 Å².